The summed E-state index contributed by atoms with van der Waals surface area (Å²) in [6.07, 6.45) is 0.546. The van der Waals surface area contributed by atoms with Gasteiger partial charge in [-0.25, -0.2) is 5.01 Å². The molecule has 0 spiro atoms. The van der Waals surface area contributed by atoms with Gasteiger partial charge in [0, 0.05) is 15.0 Å². The molecule has 3 aromatic carbocycles. The molecule has 1 unspecified atom stereocenters. The molecule has 0 saturated carbocycles. The summed E-state index contributed by atoms with van der Waals surface area (Å²) in [7, 11) is 1.62. The van der Waals surface area contributed by atoms with E-state index in [0.717, 1.165) is 26.2 Å². The first-order valence-corrected chi connectivity index (χ1v) is 10.7. The number of benzene rings is 3. The quantitative estimate of drug-likeness (QED) is 0.442. The van der Waals surface area contributed by atoms with E-state index in [1.54, 1.807) is 31.4 Å². The summed E-state index contributed by atoms with van der Waals surface area (Å²) in [5, 5.41) is 17.0. The van der Waals surface area contributed by atoms with Crippen LogP contribution in [0.3, 0.4) is 0 Å². The van der Waals surface area contributed by atoms with Crippen molar-refractivity contribution in [3.63, 3.8) is 0 Å². The predicted molar refractivity (Wildman–Crippen MR) is 125 cm³/mol. The van der Waals surface area contributed by atoms with E-state index in [1.807, 2.05) is 36.4 Å². The highest BCUT2D eigenvalue weighted by molar-refractivity contribution is 14.1. The van der Waals surface area contributed by atoms with E-state index in [1.165, 1.54) is 11.1 Å². The van der Waals surface area contributed by atoms with Gasteiger partial charge in [0.15, 0.2) is 0 Å². The Hall–Kier alpha value is -2.58. The number of hydrogen-bond acceptors (Lipinski definition) is 4. The second-order valence-electron chi connectivity index (χ2n) is 6.86. The van der Waals surface area contributed by atoms with Gasteiger partial charge in [0.25, 0.3) is 5.91 Å². The monoisotopic (exact) mass is 532 g/mol. The molecule has 0 fully saturated rings. The first-order valence-electron chi connectivity index (χ1n) is 9.25. The first-order chi connectivity index (χ1) is 14.5. The Balaban J connectivity index is 1.74. The lowest BCUT2D eigenvalue weighted by Crippen LogP contribution is -2.27. The number of hydrazone groups is 1. The molecular weight excluding hydrogens is 515 g/mol. The number of aromatic hydroxyl groups is 1. The third kappa shape index (κ3) is 4.15. The van der Waals surface area contributed by atoms with Gasteiger partial charge in [-0.2, -0.15) is 5.10 Å². The van der Waals surface area contributed by atoms with Crippen LogP contribution in [0.1, 0.15) is 33.9 Å². The fourth-order valence-electron chi connectivity index (χ4n) is 3.40. The number of rotatable bonds is 4. The maximum absolute atomic E-state index is 13.4. The fourth-order valence-corrected chi connectivity index (χ4v) is 4.02. The lowest BCUT2D eigenvalue weighted by Gasteiger charge is -2.22. The lowest BCUT2D eigenvalue weighted by molar-refractivity contribution is 0.0708. The average Bonchev–Trinajstić information content (AvgIpc) is 3.21. The van der Waals surface area contributed by atoms with Crippen LogP contribution in [-0.2, 0) is 0 Å². The van der Waals surface area contributed by atoms with Crippen molar-refractivity contribution in [1.29, 1.82) is 0 Å². The highest BCUT2D eigenvalue weighted by atomic mass is 127. The normalized spacial score (nSPS) is 15.8. The second kappa shape index (κ2) is 8.65. The second-order valence-corrected chi connectivity index (χ2v) is 8.54. The van der Waals surface area contributed by atoms with Gasteiger partial charge in [-0.1, -0.05) is 23.7 Å². The Kier molecular flexibility index (Phi) is 5.97. The minimum atomic E-state index is -0.352. The number of methoxy groups -OCH3 is 1. The van der Waals surface area contributed by atoms with Crippen LogP contribution in [0, 0.1) is 3.57 Å². The molecule has 0 bridgehead atoms. The summed E-state index contributed by atoms with van der Waals surface area (Å²) in [5.74, 6) is 0.334. The van der Waals surface area contributed by atoms with Crippen molar-refractivity contribution in [2.45, 2.75) is 12.5 Å². The van der Waals surface area contributed by atoms with Crippen molar-refractivity contribution < 1.29 is 14.6 Å². The molecule has 5 nitrogen and oxygen atoms in total. The zero-order chi connectivity index (χ0) is 21.3. The topological polar surface area (TPSA) is 62.1 Å². The van der Waals surface area contributed by atoms with E-state index in [-0.39, 0.29) is 23.3 Å². The number of halogens is 2. The standard InChI is InChI=1S/C23H18ClIN2O3/c1-30-18-9-4-14(5-10-18)20-13-21(15-2-6-16(24)7-3-15)27(26-20)23(29)19-12-17(25)8-11-22(19)28/h2-12,21,28H,13H2,1H3. The van der Waals surface area contributed by atoms with Gasteiger partial charge in [0.2, 0.25) is 0 Å². The van der Waals surface area contributed by atoms with Crippen LogP contribution in [0.15, 0.2) is 71.8 Å². The first kappa shape index (κ1) is 20.7. The van der Waals surface area contributed by atoms with E-state index in [9.17, 15) is 9.90 Å². The van der Waals surface area contributed by atoms with E-state index < -0.39 is 0 Å². The van der Waals surface area contributed by atoms with Gasteiger partial charge in [-0.05, 0) is 88.3 Å². The summed E-state index contributed by atoms with van der Waals surface area (Å²) in [4.78, 5) is 13.4. The molecule has 0 aliphatic carbocycles. The SMILES string of the molecule is COc1ccc(C2=NN(C(=O)c3cc(I)ccc3O)C(c3ccc(Cl)cc3)C2)cc1. The number of phenols is 1. The van der Waals surface area contributed by atoms with E-state index in [4.69, 9.17) is 16.3 Å². The van der Waals surface area contributed by atoms with E-state index in [0.29, 0.717) is 11.4 Å². The number of carbonyl (C=O) groups excluding carboxylic acids is 1. The van der Waals surface area contributed by atoms with E-state index >= 15 is 0 Å². The lowest BCUT2D eigenvalue weighted by atomic mass is 9.98. The zero-order valence-corrected chi connectivity index (χ0v) is 19.0. The van der Waals surface area contributed by atoms with Gasteiger partial charge < -0.3 is 9.84 Å². The van der Waals surface area contributed by atoms with Gasteiger partial charge >= 0.3 is 0 Å². The molecule has 0 saturated heterocycles. The number of carbonyl (C=O) groups is 1. The van der Waals surface area contributed by atoms with Crippen molar-refractivity contribution >= 4 is 45.8 Å². The number of ether oxygens (including phenoxy) is 1. The predicted octanol–water partition coefficient (Wildman–Crippen LogP) is 5.65. The molecule has 152 valence electrons. The Morgan fingerprint density at radius 3 is 2.50 bits per heavy atom. The smallest absolute Gasteiger partial charge is 0.278 e. The third-order valence-corrected chi connectivity index (χ3v) is 5.91. The van der Waals surface area contributed by atoms with Crippen LogP contribution in [0.2, 0.25) is 5.02 Å². The molecule has 4 rings (SSSR count). The van der Waals surface area contributed by atoms with Crippen molar-refractivity contribution in [2.75, 3.05) is 7.11 Å². The van der Waals surface area contributed by atoms with Crippen molar-refractivity contribution in [2.24, 2.45) is 5.10 Å². The Morgan fingerprint density at radius 2 is 1.83 bits per heavy atom. The number of hydrogen-bond donors (Lipinski definition) is 1. The number of nitrogens with zero attached hydrogens (tertiary/aromatic N) is 2. The van der Waals surface area contributed by atoms with Gasteiger partial charge in [-0.3, -0.25) is 4.79 Å². The van der Waals surface area contributed by atoms with Gasteiger partial charge in [0.05, 0.1) is 24.4 Å². The van der Waals surface area contributed by atoms with Crippen LogP contribution in [0.4, 0.5) is 0 Å². The molecule has 1 atom stereocenters. The maximum Gasteiger partial charge on any atom is 0.278 e. The largest absolute Gasteiger partial charge is 0.507 e. The van der Waals surface area contributed by atoms with Crippen LogP contribution in [0.25, 0.3) is 0 Å². The molecule has 1 aliphatic heterocycles. The zero-order valence-electron chi connectivity index (χ0n) is 16.0. The number of amides is 1. The van der Waals surface area contributed by atoms with E-state index in [2.05, 4.69) is 27.7 Å². The summed E-state index contributed by atoms with van der Waals surface area (Å²) in [6, 6.07) is 19.6. The molecule has 0 aromatic heterocycles. The van der Waals surface area contributed by atoms with Crippen molar-refractivity contribution in [3.05, 3.63) is 92.0 Å². The highest BCUT2D eigenvalue weighted by Crippen LogP contribution is 2.36. The molecular formula is C23H18ClIN2O3. The van der Waals surface area contributed by atoms with Crippen molar-refractivity contribution in [3.8, 4) is 11.5 Å². The van der Waals surface area contributed by atoms with Crippen LogP contribution >= 0.6 is 34.2 Å². The molecule has 1 aliphatic rings. The fraction of sp³-hybridized carbons (Fsp3) is 0.130. The summed E-state index contributed by atoms with van der Waals surface area (Å²) in [5.41, 5.74) is 2.85. The summed E-state index contributed by atoms with van der Waals surface area (Å²) >= 11 is 8.16. The minimum Gasteiger partial charge on any atom is -0.507 e. The Morgan fingerprint density at radius 1 is 1.13 bits per heavy atom. The van der Waals surface area contributed by atoms with Crippen LogP contribution in [-0.4, -0.2) is 28.8 Å². The molecule has 3 aromatic rings. The highest BCUT2D eigenvalue weighted by Gasteiger charge is 2.34. The van der Waals surface area contributed by atoms with Crippen molar-refractivity contribution in [1.82, 2.24) is 5.01 Å². The molecule has 1 heterocycles. The van der Waals surface area contributed by atoms with Gasteiger partial charge in [0.1, 0.15) is 11.5 Å². The molecule has 7 heteroatoms. The Labute approximate surface area is 193 Å². The van der Waals surface area contributed by atoms with Crippen LogP contribution < -0.4 is 4.74 Å². The number of phenolic OH excluding ortho intramolecular Hbond substituents is 1. The Bertz CT molecular complexity index is 1110. The molecule has 0 radical (unpaired) electrons. The van der Waals surface area contributed by atoms with Gasteiger partial charge in [-0.15, -0.1) is 0 Å². The maximum atomic E-state index is 13.4. The average molecular weight is 533 g/mol. The molecule has 30 heavy (non-hydrogen) atoms. The summed E-state index contributed by atoms with van der Waals surface area (Å²) < 4.78 is 6.09. The minimum absolute atomic E-state index is 0.0663. The third-order valence-electron chi connectivity index (χ3n) is 4.99. The summed E-state index contributed by atoms with van der Waals surface area (Å²) in [6.45, 7) is 0. The molecule has 1 amide bonds. The molecule has 1 N–H and O–H groups in total. The van der Waals surface area contributed by atoms with Crippen LogP contribution in [0.5, 0.6) is 11.5 Å².